The molecule has 0 radical (unpaired) electrons. The van der Waals surface area contributed by atoms with Gasteiger partial charge < -0.3 is 10.1 Å². The number of hydrogen-bond donors (Lipinski definition) is 1. The van der Waals surface area contributed by atoms with Crippen molar-refractivity contribution in [3.63, 3.8) is 0 Å². The van der Waals surface area contributed by atoms with Gasteiger partial charge in [0.25, 0.3) is 11.7 Å². The molecule has 0 fully saturated rings. The summed E-state index contributed by atoms with van der Waals surface area (Å²) in [6, 6.07) is 3.55. The van der Waals surface area contributed by atoms with Crippen LogP contribution in [0.1, 0.15) is 34.2 Å². The number of pyridine rings is 1. The molecule has 0 unspecified atom stereocenters. The number of ketones is 1. The lowest BCUT2D eigenvalue weighted by Gasteiger charge is -2.09. The zero-order chi connectivity index (χ0) is 17.0. The molecule has 0 aliphatic heterocycles. The third-order valence-corrected chi connectivity index (χ3v) is 3.51. The maximum atomic E-state index is 12.3. The Hall–Kier alpha value is -2.70. The second-order valence-corrected chi connectivity index (χ2v) is 5.08. The molecule has 2 aromatic rings. The van der Waals surface area contributed by atoms with Crippen molar-refractivity contribution in [1.82, 2.24) is 20.1 Å². The van der Waals surface area contributed by atoms with E-state index in [1.807, 2.05) is 6.92 Å². The smallest absolute Gasteiger partial charge is 0.292 e. The highest BCUT2D eigenvalue weighted by atomic mass is 16.5. The lowest BCUT2D eigenvalue weighted by molar-refractivity contribution is -0.117. The molecular formula is C16H20N4O3. The Kier molecular flexibility index (Phi) is 5.10. The lowest BCUT2D eigenvalue weighted by atomic mass is 10.1. The summed E-state index contributed by atoms with van der Waals surface area (Å²) >= 11 is 0. The molecule has 0 aliphatic rings. The zero-order valence-corrected chi connectivity index (χ0v) is 13.7. The Balaban J connectivity index is 2.09. The van der Waals surface area contributed by atoms with E-state index < -0.39 is 11.7 Å². The molecule has 0 atom stereocenters. The molecule has 0 bridgehead atoms. The zero-order valence-electron chi connectivity index (χ0n) is 13.7. The molecule has 2 heterocycles. The third-order valence-electron chi connectivity index (χ3n) is 3.51. The monoisotopic (exact) mass is 316 g/mol. The summed E-state index contributed by atoms with van der Waals surface area (Å²) in [4.78, 5) is 28.6. The average molecular weight is 316 g/mol. The van der Waals surface area contributed by atoms with E-state index in [0.29, 0.717) is 29.4 Å². The largest absolute Gasteiger partial charge is 0.478 e. The Labute approximate surface area is 134 Å². The summed E-state index contributed by atoms with van der Waals surface area (Å²) in [5.74, 6) is -0.804. The highest BCUT2D eigenvalue weighted by Crippen LogP contribution is 2.15. The van der Waals surface area contributed by atoms with E-state index in [2.05, 4.69) is 15.4 Å². The Morgan fingerprint density at radius 1 is 1.35 bits per heavy atom. The van der Waals surface area contributed by atoms with Crippen molar-refractivity contribution in [3.8, 4) is 5.88 Å². The fraction of sp³-hybridized carbons (Fsp3) is 0.375. The van der Waals surface area contributed by atoms with Crippen LogP contribution in [-0.2, 0) is 18.4 Å². The number of hydrogen-bond acceptors (Lipinski definition) is 5. The number of amides is 1. The van der Waals surface area contributed by atoms with Gasteiger partial charge in [0, 0.05) is 31.0 Å². The second-order valence-electron chi connectivity index (χ2n) is 5.08. The van der Waals surface area contributed by atoms with Gasteiger partial charge in [0.1, 0.15) is 0 Å². The quantitative estimate of drug-likeness (QED) is 0.642. The van der Waals surface area contributed by atoms with Crippen LogP contribution in [0.3, 0.4) is 0 Å². The van der Waals surface area contributed by atoms with Gasteiger partial charge in [-0.3, -0.25) is 14.3 Å². The van der Waals surface area contributed by atoms with Crippen LogP contribution in [-0.4, -0.2) is 33.1 Å². The van der Waals surface area contributed by atoms with Crippen molar-refractivity contribution in [2.45, 2.75) is 27.3 Å². The first-order valence-electron chi connectivity index (χ1n) is 7.35. The van der Waals surface area contributed by atoms with E-state index in [1.165, 1.54) is 0 Å². The third kappa shape index (κ3) is 3.56. The van der Waals surface area contributed by atoms with Crippen molar-refractivity contribution in [3.05, 3.63) is 40.8 Å². The molecule has 2 aromatic heterocycles. The fourth-order valence-corrected chi connectivity index (χ4v) is 2.30. The Morgan fingerprint density at radius 2 is 2.09 bits per heavy atom. The number of aryl methyl sites for hydroxylation is 2. The Bertz CT molecular complexity index is 737. The average Bonchev–Trinajstić information content (AvgIpc) is 2.78. The minimum Gasteiger partial charge on any atom is -0.478 e. The summed E-state index contributed by atoms with van der Waals surface area (Å²) in [5, 5.41) is 6.77. The SMILES string of the molecule is CCOc1ncccc1CNC(=O)C(=O)c1c(C)nn(C)c1C. The molecule has 1 N–H and O–H groups in total. The van der Waals surface area contributed by atoms with Crippen LogP contribution < -0.4 is 10.1 Å². The molecule has 0 aromatic carbocycles. The topological polar surface area (TPSA) is 86.1 Å². The van der Waals surface area contributed by atoms with Gasteiger partial charge in [-0.15, -0.1) is 0 Å². The summed E-state index contributed by atoms with van der Waals surface area (Å²) in [6.07, 6.45) is 1.61. The molecule has 7 heteroatoms. The van der Waals surface area contributed by atoms with E-state index in [0.717, 1.165) is 5.56 Å². The number of carbonyl (C=O) groups excluding carboxylic acids is 2. The Morgan fingerprint density at radius 3 is 2.70 bits per heavy atom. The highest BCUT2D eigenvalue weighted by Gasteiger charge is 2.23. The molecular weight excluding hydrogens is 296 g/mol. The lowest BCUT2D eigenvalue weighted by Crippen LogP contribution is -2.31. The standard InChI is InChI=1S/C16H20N4O3/c1-5-23-16-12(7-6-8-17-16)9-18-15(22)14(21)13-10(2)19-20(4)11(13)3/h6-8H,5,9H2,1-4H3,(H,18,22). The van der Waals surface area contributed by atoms with Crippen molar-refractivity contribution in [2.24, 2.45) is 7.05 Å². The first-order valence-corrected chi connectivity index (χ1v) is 7.35. The van der Waals surface area contributed by atoms with Crippen LogP contribution in [0.4, 0.5) is 0 Å². The minimum atomic E-state index is -0.671. The molecule has 0 spiro atoms. The first-order chi connectivity index (χ1) is 11.0. The van der Waals surface area contributed by atoms with E-state index in [1.54, 1.807) is 43.9 Å². The number of nitrogens with zero attached hydrogens (tertiary/aromatic N) is 3. The normalized spacial score (nSPS) is 10.4. The minimum absolute atomic E-state index is 0.173. The van der Waals surface area contributed by atoms with Crippen molar-refractivity contribution < 1.29 is 14.3 Å². The molecule has 0 saturated carbocycles. The van der Waals surface area contributed by atoms with E-state index in [4.69, 9.17) is 4.74 Å². The summed E-state index contributed by atoms with van der Waals surface area (Å²) < 4.78 is 6.98. The summed E-state index contributed by atoms with van der Waals surface area (Å²) in [5.41, 5.74) is 2.27. The van der Waals surface area contributed by atoms with Gasteiger partial charge in [0.2, 0.25) is 5.88 Å². The van der Waals surface area contributed by atoms with E-state index in [-0.39, 0.29) is 6.54 Å². The van der Waals surface area contributed by atoms with Gasteiger partial charge in [-0.1, -0.05) is 6.07 Å². The van der Waals surface area contributed by atoms with Crippen LogP contribution >= 0.6 is 0 Å². The molecule has 7 nitrogen and oxygen atoms in total. The van der Waals surface area contributed by atoms with Gasteiger partial charge in [-0.2, -0.15) is 5.10 Å². The van der Waals surface area contributed by atoms with Crippen LogP contribution in [0.2, 0.25) is 0 Å². The van der Waals surface area contributed by atoms with E-state index >= 15 is 0 Å². The first kappa shape index (κ1) is 16.7. The molecule has 1 amide bonds. The molecule has 2 rings (SSSR count). The number of carbonyl (C=O) groups is 2. The van der Waals surface area contributed by atoms with E-state index in [9.17, 15) is 9.59 Å². The number of ether oxygens (including phenoxy) is 1. The molecule has 122 valence electrons. The van der Waals surface area contributed by atoms with Crippen molar-refractivity contribution in [2.75, 3.05) is 6.61 Å². The van der Waals surface area contributed by atoms with Crippen LogP contribution in [0, 0.1) is 13.8 Å². The maximum Gasteiger partial charge on any atom is 0.292 e. The second kappa shape index (κ2) is 7.04. The predicted molar refractivity (Wildman–Crippen MR) is 84.3 cm³/mol. The number of aromatic nitrogens is 3. The van der Waals surface area contributed by atoms with Crippen molar-refractivity contribution >= 4 is 11.7 Å². The van der Waals surface area contributed by atoms with Gasteiger partial charge in [0.15, 0.2) is 0 Å². The molecule has 0 aliphatic carbocycles. The highest BCUT2D eigenvalue weighted by molar-refractivity contribution is 6.43. The van der Waals surface area contributed by atoms with Gasteiger partial charge >= 0.3 is 0 Å². The molecule has 23 heavy (non-hydrogen) atoms. The van der Waals surface area contributed by atoms with Crippen molar-refractivity contribution in [1.29, 1.82) is 0 Å². The fourth-order valence-electron chi connectivity index (χ4n) is 2.30. The predicted octanol–water partition coefficient (Wildman–Crippen LogP) is 1.33. The van der Waals surface area contributed by atoms with Crippen LogP contribution in [0.5, 0.6) is 5.88 Å². The van der Waals surface area contributed by atoms with Gasteiger partial charge in [-0.05, 0) is 26.8 Å². The number of Topliss-reactive ketones (excluding diaryl/α,β-unsaturated/α-hetero) is 1. The van der Waals surface area contributed by atoms with Crippen LogP contribution in [0.25, 0.3) is 0 Å². The molecule has 0 saturated heterocycles. The van der Waals surface area contributed by atoms with Crippen LogP contribution in [0.15, 0.2) is 18.3 Å². The number of rotatable bonds is 6. The maximum absolute atomic E-state index is 12.3. The van der Waals surface area contributed by atoms with Gasteiger partial charge in [-0.25, -0.2) is 4.98 Å². The van der Waals surface area contributed by atoms with Gasteiger partial charge in [0.05, 0.1) is 17.9 Å². The summed E-state index contributed by atoms with van der Waals surface area (Å²) in [7, 11) is 1.74. The number of nitrogens with one attached hydrogen (secondary N) is 1. The summed E-state index contributed by atoms with van der Waals surface area (Å²) in [6.45, 7) is 5.97.